The van der Waals surface area contributed by atoms with Crippen molar-refractivity contribution in [3.63, 3.8) is 0 Å². The minimum atomic E-state index is -0.888. The van der Waals surface area contributed by atoms with Gasteiger partial charge in [0, 0.05) is 28.2 Å². The summed E-state index contributed by atoms with van der Waals surface area (Å²) in [5, 5.41) is 14.3. The van der Waals surface area contributed by atoms with Crippen LogP contribution >= 0.6 is 39.3 Å². The minimum absolute atomic E-state index is 0.0826. The molecule has 0 bridgehead atoms. The van der Waals surface area contributed by atoms with Crippen LogP contribution in [0.2, 0.25) is 5.02 Å². The van der Waals surface area contributed by atoms with Crippen molar-refractivity contribution in [1.82, 2.24) is 20.1 Å². The molecule has 1 aromatic heterocycles. The Morgan fingerprint density at radius 1 is 1.22 bits per heavy atom. The lowest BCUT2D eigenvalue weighted by Gasteiger charge is -2.13. The molecular formula is C20H17BrClF2N5O2S. The summed E-state index contributed by atoms with van der Waals surface area (Å²) in [4.78, 5) is 24.6. The first-order valence-corrected chi connectivity index (χ1v) is 11.3. The van der Waals surface area contributed by atoms with Crippen molar-refractivity contribution in [1.29, 1.82) is 0 Å². The average molecular weight is 545 g/mol. The summed E-state index contributed by atoms with van der Waals surface area (Å²) in [6, 6.07) is 7.76. The predicted octanol–water partition coefficient (Wildman–Crippen LogP) is 4.73. The van der Waals surface area contributed by atoms with Gasteiger partial charge < -0.3 is 15.2 Å². The number of anilines is 1. The molecule has 1 atom stereocenters. The number of thioether (sulfide) groups is 1. The van der Waals surface area contributed by atoms with E-state index in [0.717, 1.165) is 17.8 Å². The Bertz CT molecular complexity index is 1140. The van der Waals surface area contributed by atoms with Crippen molar-refractivity contribution < 1.29 is 18.4 Å². The van der Waals surface area contributed by atoms with Gasteiger partial charge in [0.05, 0.1) is 17.5 Å². The van der Waals surface area contributed by atoms with E-state index in [1.54, 1.807) is 42.8 Å². The Hall–Kier alpha value is -2.50. The fourth-order valence-electron chi connectivity index (χ4n) is 2.74. The zero-order valence-electron chi connectivity index (χ0n) is 16.8. The van der Waals surface area contributed by atoms with E-state index >= 15 is 0 Å². The molecule has 0 spiro atoms. The Balaban J connectivity index is 1.60. The lowest BCUT2D eigenvalue weighted by atomic mass is 10.2. The minimum Gasteiger partial charge on any atom is -0.342 e. The smallest absolute Gasteiger partial charge is 0.251 e. The molecule has 0 fully saturated rings. The van der Waals surface area contributed by atoms with Gasteiger partial charge in [0.15, 0.2) is 16.8 Å². The molecule has 2 aromatic carbocycles. The fraction of sp³-hybridized carbons (Fsp3) is 0.200. The van der Waals surface area contributed by atoms with Gasteiger partial charge in [-0.2, -0.15) is 0 Å². The van der Waals surface area contributed by atoms with Gasteiger partial charge in [-0.1, -0.05) is 23.4 Å². The summed E-state index contributed by atoms with van der Waals surface area (Å²) in [6.07, 6.45) is 0. The monoisotopic (exact) mass is 543 g/mol. The summed E-state index contributed by atoms with van der Waals surface area (Å²) in [5.41, 5.74) is 0.308. The third-order valence-corrected chi connectivity index (χ3v) is 6.21. The van der Waals surface area contributed by atoms with Crippen molar-refractivity contribution in [2.45, 2.75) is 18.1 Å². The van der Waals surface area contributed by atoms with Gasteiger partial charge >= 0.3 is 0 Å². The van der Waals surface area contributed by atoms with Gasteiger partial charge in [-0.3, -0.25) is 9.59 Å². The van der Waals surface area contributed by atoms with Gasteiger partial charge in [0.1, 0.15) is 5.82 Å². The second kappa shape index (κ2) is 10.4. The number of benzene rings is 2. The summed E-state index contributed by atoms with van der Waals surface area (Å²) in [6.45, 7) is 1.76. The van der Waals surface area contributed by atoms with Crippen LogP contribution in [0.25, 0.3) is 0 Å². The van der Waals surface area contributed by atoms with Crippen LogP contribution in [0.5, 0.6) is 0 Å². The van der Waals surface area contributed by atoms with Crippen molar-refractivity contribution in [2.75, 3.05) is 11.1 Å². The molecule has 0 radical (unpaired) electrons. The molecule has 0 aliphatic rings. The number of halogens is 4. The highest BCUT2D eigenvalue weighted by atomic mass is 79.9. The second-order valence-corrected chi connectivity index (χ2v) is 8.92. The molecule has 0 unspecified atom stereocenters. The number of nitrogens with one attached hydrogen (secondary N) is 2. The highest BCUT2D eigenvalue weighted by molar-refractivity contribution is 9.10. The summed E-state index contributed by atoms with van der Waals surface area (Å²) in [7, 11) is 1.71. The lowest BCUT2D eigenvalue weighted by molar-refractivity contribution is -0.113. The van der Waals surface area contributed by atoms with Crippen LogP contribution in [0.1, 0.15) is 29.1 Å². The van der Waals surface area contributed by atoms with E-state index in [4.69, 9.17) is 11.6 Å². The van der Waals surface area contributed by atoms with Crippen LogP contribution in [-0.2, 0) is 11.8 Å². The molecule has 0 aliphatic carbocycles. The average Bonchev–Trinajstić information content (AvgIpc) is 3.10. The van der Waals surface area contributed by atoms with E-state index in [9.17, 15) is 18.4 Å². The highest BCUT2D eigenvalue weighted by Gasteiger charge is 2.20. The van der Waals surface area contributed by atoms with Crippen molar-refractivity contribution in [3.8, 4) is 0 Å². The molecule has 168 valence electrons. The van der Waals surface area contributed by atoms with Crippen molar-refractivity contribution >= 4 is 56.8 Å². The molecule has 0 saturated carbocycles. The molecule has 2 N–H and O–H groups in total. The molecule has 2 amide bonds. The maximum Gasteiger partial charge on any atom is 0.251 e. The summed E-state index contributed by atoms with van der Waals surface area (Å²) >= 11 is 9.95. The van der Waals surface area contributed by atoms with E-state index < -0.39 is 23.6 Å². The Morgan fingerprint density at radius 3 is 2.56 bits per heavy atom. The fourth-order valence-corrected chi connectivity index (χ4v) is 4.09. The van der Waals surface area contributed by atoms with Gasteiger partial charge in [-0.25, -0.2) is 8.78 Å². The molecule has 0 saturated heterocycles. The number of aromatic nitrogens is 3. The van der Waals surface area contributed by atoms with E-state index in [2.05, 4.69) is 36.8 Å². The second-order valence-electron chi connectivity index (χ2n) is 6.68. The number of carbonyl (C=O) groups is 2. The molecule has 32 heavy (non-hydrogen) atoms. The molecule has 3 rings (SSSR count). The van der Waals surface area contributed by atoms with Gasteiger partial charge in [0.25, 0.3) is 5.91 Å². The van der Waals surface area contributed by atoms with E-state index in [-0.39, 0.29) is 21.8 Å². The molecule has 1 heterocycles. The number of hydrogen-bond acceptors (Lipinski definition) is 5. The van der Waals surface area contributed by atoms with Gasteiger partial charge in [0.2, 0.25) is 5.91 Å². The first-order chi connectivity index (χ1) is 15.2. The molecule has 12 heteroatoms. The third-order valence-electron chi connectivity index (χ3n) is 4.31. The van der Waals surface area contributed by atoms with E-state index in [0.29, 0.717) is 27.6 Å². The topological polar surface area (TPSA) is 88.9 Å². The van der Waals surface area contributed by atoms with Crippen LogP contribution in [0.4, 0.5) is 14.5 Å². The molecule has 3 aromatic rings. The maximum atomic E-state index is 13.9. The number of carbonyl (C=O) groups excluding carboxylic acids is 2. The summed E-state index contributed by atoms with van der Waals surface area (Å²) < 4.78 is 28.8. The third kappa shape index (κ3) is 5.84. The molecular weight excluding hydrogens is 528 g/mol. The first-order valence-electron chi connectivity index (χ1n) is 9.18. The standard InChI is InChI=1S/C20H17BrClF2N5O2S/c1-10(25-19(31)11-3-5-12(22)6-4-11)18-27-28-20(29(18)2)32-9-16(30)26-17-14(21)7-13(23)8-15(17)24/h3-8,10H,9H2,1-2H3,(H,25,31)(H,26,30)/t10-/m0/s1. The number of amides is 2. The zero-order valence-corrected chi connectivity index (χ0v) is 20.0. The van der Waals surface area contributed by atoms with Gasteiger partial charge in [-0.15, -0.1) is 10.2 Å². The van der Waals surface area contributed by atoms with Gasteiger partial charge in [-0.05, 0) is 53.2 Å². The lowest BCUT2D eigenvalue weighted by Crippen LogP contribution is -2.28. The first kappa shape index (κ1) is 24.1. The zero-order chi connectivity index (χ0) is 23.4. The van der Waals surface area contributed by atoms with Crippen LogP contribution in [0.3, 0.4) is 0 Å². The summed E-state index contributed by atoms with van der Waals surface area (Å²) in [5.74, 6) is -2.04. The predicted molar refractivity (Wildman–Crippen MR) is 122 cm³/mol. The number of hydrogen-bond donors (Lipinski definition) is 2. The molecule has 7 nitrogen and oxygen atoms in total. The van der Waals surface area contributed by atoms with Crippen molar-refractivity contribution in [2.24, 2.45) is 7.05 Å². The Morgan fingerprint density at radius 2 is 1.91 bits per heavy atom. The Kier molecular flexibility index (Phi) is 7.86. The van der Waals surface area contributed by atoms with E-state index in [1.807, 2.05) is 0 Å². The SMILES string of the molecule is C[C@H](NC(=O)c1ccc(Cl)cc1)c1nnc(SCC(=O)Nc2c(F)cc(F)cc2Br)n1C. The number of rotatable bonds is 7. The van der Waals surface area contributed by atoms with Crippen LogP contribution in [0.15, 0.2) is 46.0 Å². The largest absolute Gasteiger partial charge is 0.342 e. The van der Waals surface area contributed by atoms with Crippen LogP contribution < -0.4 is 10.6 Å². The normalized spacial score (nSPS) is 11.8. The van der Waals surface area contributed by atoms with Crippen LogP contribution in [-0.4, -0.2) is 32.3 Å². The van der Waals surface area contributed by atoms with Crippen molar-refractivity contribution in [3.05, 3.63) is 68.9 Å². The quantitative estimate of drug-likeness (QED) is 0.420. The maximum absolute atomic E-state index is 13.9. The number of nitrogens with zero attached hydrogens (tertiary/aromatic N) is 3. The molecule has 0 aliphatic heterocycles. The highest BCUT2D eigenvalue weighted by Crippen LogP contribution is 2.27. The van der Waals surface area contributed by atoms with E-state index in [1.165, 1.54) is 0 Å². The Labute approximate surface area is 200 Å². The van der Waals surface area contributed by atoms with Crippen LogP contribution in [0, 0.1) is 11.6 Å².